The van der Waals surface area contributed by atoms with Crippen molar-refractivity contribution in [1.82, 2.24) is 4.98 Å². The number of nitrogens with zero attached hydrogens (tertiary/aromatic N) is 1. The molecule has 3 nitrogen and oxygen atoms in total. The largest absolute Gasteiger partial charge is 0.389 e. The van der Waals surface area contributed by atoms with Gasteiger partial charge >= 0.3 is 0 Å². The van der Waals surface area contributed by atoms with Crippen LogP contribution in [-0.2, 0) is 0 Å². The summed E-state index contributed by atoms with van der Waals surface area (Å²) in [6.07, 6.45) is 5.49. The Morgan fingerprint density at radius 2 is 2.35 bits per heavy atom. The highest BCUT2D eigenvalue weighted by Gasteiger charge is 2.34. The number of hydrogen-bond donors (Lipinski definition) is 2. The molecule has 1 aromatic rings. The zero-order chi connectivity index (χ0) is 12.5. The van der Waals surface area contributed by atoms with Gasteiger partial charge in [0, 0.05) is 17.8 Å². The monoisotopic (exact) mass is 249 g/mol. The van der Waals surface area contributed by atoms with E-state index in [4.69, 9.17) is 18.0 Å². The Bertz CT molecular complexity index is 428. The Hall–Kier alpha value is -1.16. The van der Waals surface area contributed by atoms with Crippen LogP contribution < -0.4 is 11.1 Å². The van der Waals surface area contributed by atoms with Crippen molar-refractivity contribution in [3.8, 4) is 0 Å². The van der Waals surface area contributed by atoms with Crippen molar-refractivity contribution in [3.63, 3.8) is 0 Å². The SMILES string of the molecule is CC1(C)CCCC1Nc1cc(C(N)=S)ccn1. The van der Waals surface area contributed by atoms with E-state index in [1.807, 2.05) is 12.1 Å². The molecule has 1 heterocycles. The zero-order valence-electron chi connectivity index (χ0n) is 10.4. The lowest BCUT2D eigenvalue weighted by Crippen LogP contribution is -2.31. The Morgan fingerprint density at radius 1 is 1.59 bits per heavy atom. The number of pyridine rings is 1. The molecule has 1 aliphatic rings. The van der Waals surface area contributed by atoms with Crippen LogP contribution in [0.1, 0.15) is 38.7 Å². The molecule has 92 valence electrons. The molecule has 1 fully saturated rings. The third kappa shape index (κ3) is 2.75. The van der Waals surface area contributed by atoms with Crippen molar-refractivity contribution in [2.24, 2.45) is 11.1 Å². The van der Waals surface area contributed by atoms with Gasteiger partial charge in [-0.15, -0.1) is 0 Å². The number of thiocarbonyl (C=S) groups is 1. The third-order valence-electron chi connectivity index (χ3n) is 3.62. The topological polar surface area (TPSA) is 50.9 Å². The molecule has 17 heavy (non-hydrogen) atoms. The summed E-state index contributed by atoms with van der Waals surface area (Å²) in [5.41, 5.74) is 6.82. The van der Waals surface area contributed by atoms with Gasteiger partial charge in [-0.25, -0.2) is 4.98 Å². The second-order valence-corrected chi connectivity index (χ2v) is 5.81. The molecule has 1 unspecified atom stereocenters. The van der Waals surface area contributed by atoms with E-state index in [-0.39, 0.29) is 0 Å². The minimum absolute atomic E-state index is 0.334. The highest BCUT2D eigenvalue weighted by molar-refractivity contribution is 7.80. The van der Waals surface area contributed by atoms with Crippen LogP contribution in [0, 0.1) is 5.41 Å². The minimum Gasteiger partial charge on any atom is -0.389 e. The highest BCUT2D eigenvalue weighted by Crippen LogP contribution is 2.38. The molecule has 1 atom stereocenters. The standard InChI is InChI=1S/C13H19N3S/c1-13(2)6-3-4-10(13)16-11-8-9(12(14)17)5-7-15-11/h5,7-8,10H,3-4,6H2,1-2H3,(H2,14,17)(H,15,16). The van der Waals surface area contributed by atoms with Crippen molar-refractivity contribution < 1.29 is 0 Å². The van der Waals surface area contributed by atoms with Crippen LogP contribution in [0.25, 0.3) is 0 Å². The van der Waals surface area contributed by atoms with Crippen molar-refractivity contribution >= 4 is 23.0 Å². The normalized spacial score (nSPS) is 22.4. The number of rotatable bonds is 3. The van der Waals surface area contributed by atoms with Gasteiger partial charge in [0.1, 0.15) is 10.8 Å². The Kier molecular flexibility index (Phi) is 3.33. The minimum atomic E-state index is 0.334. The van der Waals surface area contributed by atoms with Crippen LogP contribution in [0.2, 0.25) is 0 Å². The first-order valence-corrected chi connectivity index (χ1v) is 6.42. The fourth-order valence-electron chi connectivity index (χ4n) is 2.44. The Morgan fingerprint density at radius 3 is 2.94 bits per heavy atom. The molecule has 0 spiro atoms. The summed E-state index contributed by atoms with van der Waals surface area (Å²) in [6, 6.07) is 4.25. The zero-order valence-corrected chi connectivity index (χ0v) is 11.2. The fourth-order valence-corrected chi connectivity index (χ4v) is 2.56. The predicted molar refractivity (Wildman–Crippen MR) is 75.2 cm³/mol. The maximum absolute atomic E-state index is 5.62. The maximum Gasteiger partial charge on any atom is 0.126 e. The van der Waals surface area contributed by atoms with Gasteiger partial charge in [-0.1, -0.05) is 32.5 Å². The number of nitrogens with one attached hydrogen (secondary N) is 1. The van der Waals surface area contributed by atoms with E-state index in [0.717, 1.165) is 11.4 Å². The molecule has 0 amide bonds. The average Bonchev–Trinajstić information content (AvgIpc) is 2.59. The van der Waals surface area contributed by atoms with Gasteiger partial charge < -0.3 is 11.1 Å². The van der Waals surface area contributed by atoms with E-state index in [1.54, 1.807) is 6.20 Å². The van der Waals surface area contributed by atoms with Crippen molar-refractivity contribution in [2.45, 2.75) is 39.2 Å². The summed E-state index contributed by atoms with van der Waals surface area (Å²) < 4.78 is 0. The van der Waals surface area contributed by atoms with Gasteiger partial charge in [0.15, 0.2) is 0 Å². The van der Waals surface area contributed by atoms with Gasteiger partial charge in [0.05, 0.1) is 0 Å². The second-order valence-electron chi connectivity index (χ2n) is 5.37. The molecule has 0 bridgehead atoms. The summed E-state index contributed by atoms with van der Waals surface area (Å²) in [5, 5.41) is 3.50. The Labute approximate surface area is 108 Å². The number of anilines is 1. The van der Waals surface area contributed by atoms with Crippen molar-refractivity contribution in [3.05, 3.63) is 23.9 Å². The first kappa shape index (κ1) is 12.3. The summed E-state index contributed by atoms with van der Waals surface area (Å²) in [5.74, 6) is 0.871. The first-order valence-electron chi connectivity index (χ1n) is 6.01. The van der Waals surface area contributed by atoms with Crippen molar-refractivity contribution in [1.29, 1.82) is 0 Å². The molecule has 1 saturated carbocycles. The van der Waals surface area contributed by atoms with Gasteiger partial charge in [0.25, 0.3) is 0 Å². The van der Waals surface area contributed by atoms with Crippen LogP contribution in [0.4, 0.5) is 5.82 Å². The van der Waals surface area contributed by atoms with Crippen LogP contribution in [0.15, 0.2) is 18.3 Å². The molecule has 1 aromatic heterocycles. The number of nitrogens with two attached hydrogens (primary N) is 1. The van der Waals surface area contributed by atoms with E-state index in [1.165, 1.54) is 19.3 Å². The number of aromatic nitrogens is 1. The van der Waals surface area contributed by atoms with Crippen LogP contribution in [0.3, 0.4) is 0 Å². The molecule has 0 radical (unpaired) electrons. The molecular weight excluding hydrogens is 230 g/mol. The quantitative estimate of drug-likeness (QED) is 0.809. The smallest absolute Gasteiger partial charge is 0.126 e. The molecule has 0 aromatic carbocycles. The molecule has 4 heteroatoms. The number of hydrogen-bond acceptors (Lipinski definition) is 3. The lowest BCUT2D eigenvalue weighted by molar-refractivity contribution is 0.349. The van der Waals surface area contributed by atoms with E-state index in [2.05, 4.69) is 24.1 Å². The lowest BCUT2D eigenvalue weighted by Gasteiger charge is -2.28. The van der Waals surface area contributed by atoms with Gasteiger partial charge in [-0.05, 0) is 30.4 Å². The summed E-state index contributed by atoms with van der Waals surface area (Å²) in [6.45, 7) is 4.60. The van der Waals surface area contributed by atoms with Gasteiger partial charge in [0.2, 0.25) is 0 Å². The van der Waals surface area contributed by atoms with E-state index in [0.29, 0.717) is 16.4 Å². The molecule has 0 saturated heterocycles. The molecule has 2 rings (SSSR count). The average molecular weight is 249 g/mol. The fraction of sp³-hybridized carbons (Fsp3) is 0.538. The van der Waals surface area contributed by atoms with Crippen LogP contribution in [-0.4, -0.2) is 16.0 Å². The van der Waals surface area contributed by atoms with E-state index >= 15 is 0 Å². The second kappa shape index (κ2) is 4.61. The van der Waals surface area contributed by atoms with Crippen LogP contribution in [0.5, 0.6) is 0 Å². The van der Waals surface area contributed by atoms with Gasteiger partial charge in [-0.3, -0.25) is 0 Å². The highest BCUT2D eigenvalue weighted by atomic mass is 32.1. The third-order valence-corrected chi connectivity index (χ3v) is 3.86. The summed E-state index contributed by atoms with van der Waals surface area (Å²) in [7, 11) is 0. The Balaban J connectivity index is 2.13. The molecule has 1 aliphatic carbocycles. The van der Waals surface area contributed by atoms with Crippen molar-refractivity contribution in [2.75, 3.05) is 5.32 Å². The molecule has 3 N–H and O–H groups in total. The van der Waals surface area contributed by atoms with Gasteiger partial charge in [-0.2, -0.15) is 0 Å². The molecule has 0 aliphatic heterocycles. The van der Waals surface area contributed by atoms with E-state index < -0.39 is 0 Å². The maximum atomic E-state index is 5.62. The van der Waals surface area contributed by atoms with E-state index in [9.17, 15) is 0 Å². The summed E-state index contributed by atoms with van der Waals surface area (Å²) >= 11 is 4.97. The first-order chi connectivity index (χ1) is 7.99. The predicted octanol–water partition coefficient (Wildman–Crippen LogP) is 2.71. The van der Waals surface area contributed by atoms with Crippen LogP contribution >= 0.6 is 12.2 Å². The summed E-state index contributed by atoms with van der Waals surface area (Å²) in [4.78, 5) is 4.74. The lowest BCUT2D eigenvalue weighted by atomic mass is 9.87. The molecular formula is C13H19N3S.